The molecular weight excluding hydrogens is 256 g/mol. The summed E-state index contributed by atoms with van der Waals surface area (Å²) in [6.45, 7) is 0. The minimum Gasteiger partial charge on any atom is -0.361 e. The van der Waals surface area contributed by atoms with E-state index in [-0.39, 0.29) is 12.4 Å². The maximum Gasteiger partial charge on any atom is 0.0456 e. The Morgan fingerprint density at radius 2 is 1.89 bits per heavy atom. The van der Waals surface area contributed by atoms with Crippen molar-refractivity contribution in [3.05, 3.63) is 36.0 Å². The number of H-pyrrole nitrogens is 1. The molecule has 3 N–H and O–H groups in total. The summed E-state index contributed by atoms with van der Waals surface area (Å²) in [6.07, 6.45) is 9.92. The third kappa shape index (κ3) is 3.13. The van der Waals surface area contributed by atoms with Crippen molar-refractivity contribution in [2.45, 2.75) is 44.6 Å². The molecule has 3 rings (SSSR count). The monoisotopic (exact) mass is 278 g/mol. The van der Waals surface area contributed by atoms with Gasteiger partial charge in [-0.25, -0.2) is 0 Å². The Balaban J connectivity index is 0.00000133. The summed E-state index contributed by atoms with van der Waals surface area (Å²) in [6, 6.07) is 8.82. The first-order valence-electron chi connectivity index (χ1n) is 7.15. The predicted molar refractivity (Wildman–Crippen MR) is 83.8 cm³/mol. The number of benzene rings is 1. The predicted octanol–water partition coefficient (Wildman–Crippen LogP) is 4.04. The van der Waals surface area contributed by atoms with Gasteiger partial charge in [-0.05, 0) is 36.8 Å². The Bertz CT molecular complexity index is 514. The third-order valence-electron chi connectivity index (χ3n) is 4.39. The molecule has 1 heterocycles. The van der Waals surface area contributed by atoms with Crippen molar-refractivity contribution < 1.29 is 0 Å². The molecule has 0 bridgehead atoms. The first kappa shape index (κ1) is 14.4. The minimum atomic E-state index is 0. The zero-order valence-electron chi connectivity index (χ0n) is 11.3. The highest BCUT2D eigenvalue weighted by molar-refractivity contribution is 5.85. The molecule has 104 valence electrons. The molecule has 1 saturated carbocycles. The number of fused-ring (bicyclic) bond motifs is 1. The largest absolute Gasteiger partial charge is 0.361 e. The van der Waals surface area contributed by atoms with Crippen molar-refractivity contribution in [2.24, 2.45) is 11.7 Å². The number of halogens is 1. The van der Waals surface area contributed by atoms with E-state index in [1.807, 2.05) is 0 Å². The molecule has 0 aliphatic heterocycles. The number of hydrogen-bond acceptors (Lipinski definition) is 1. The van der Waals surface area contributed by atoms with E-state index in [1.165, 1.54) is 48.6 Å². The fourth-order valence-electron chi connectivity index (χ4n) is 3.28. The van der Waals surface area contributed by atoms with Gasteiger partial charge in [-0.2, -0.15) is 0 Å². The van der Waals surface area contributed by atoms with Crippen molar-refractivity contribution in [1.82, 2.24) is 4.98 Å². The van der Waals surface area contributed by atoms with Crippen molar-refractivity contribution in [1.29, 1.82) is 0 Å². The van der Waals surface area contributed by atoms with Gasteiger partial charge in [-0.1, -0.05) is 37.5 Å². The summed E-state index contributed by atoms with van der Waals surface area (Å²) >= 11 is 0. The number of rotatable bonds is 3. The minimum absolute atomic E-state index is 0. The first-order valence-corrected chi connectivity index (χ1v) is 7.15. The lowest BCUT2D eigenvalue weighted by Crippen LogP contribution is -2.33. The van der Waals surface area contributed by atoms with Crippen molar-refractivity contribution >= 4 is 23.3 Å². The Hall–Kier alpha value is -0.990. The summed E-state index contributed by atoms with van der Waals surface area (Å²) in [5.41, 5.74) is 9.02. The highest BCUT2D eigenvalue weighted by atomic mass is 35.5. The van der Waals surface area contributed by atoms with Crippen molar-refractivity contribution in [3.8, 4) is 0 Å². The molecule has 1 atom stereocenters. The van der Waals surface area contributed by atoms with Gasteiger partial charge in [0.2, 0.25) is 0 Å². The third-order valence-corrected chi connectivity index (χ3v) is 4.39. The molecule has 3 heteroatoms. The number of aromatic amines is 1. The molecule has 1 aromatic heterocycles. The number of nitrogens with one attached hydrogen (secondary N) is 1. The van der Waals surface area contributed by atoms with E-state index >= 15 is 0 Å². The molecule has 1 fully saturated rings. The topological polar surface area (TPSA) is 41.8 Å². The number of aromatic nitrogens is 1. The van der Waals surface area contributed by atoms with Crippen LogP contribution >= 0.6 is 12.4 Å². The van der Waals surface area contributed by atoms with E-state index in [4.69, 9.17) is 5.73 Å². The van der Waals surface area contributed by atoms with E-state index in [0.29, 0.717) is 6.04 Å². The Labute approximate surface area is 121 Å². The van der Waals surface area contributed by atoms with Crippen LogP contribution in [0.2, 0.25) is 0 Å². The first-order chi connectivity index (χ1) is 8.84. The maximum atomic E-state index is 6.42. The van der Waals surface area contributed by atoms with Crippen LogP contribution in [0.5, 0.6) is 0 Å². The quantitative estimate of drug-likeness (QED) is 0.874. The second-order valence-electron chi connectivity index (χ2n) is 5.63. The van der Waals surface area contributed by atoms with E-state index in [1.54, 1.807) is 0 Å². The molecule has 19 heavy (non-hydrogen) atoms. The zero-order chi connectivity index (χ0) is 12.4. The van der Waals surface area contributed by atoms with Gasteiger partial charge in [0.05, 0.1) is 0 Å². The van der Waals surface area contributed by atoms with Crippen LogP contribution in [0.25, 0.3) is 10.9 Å². The van der Waals surface area contributed by atoms with Crippen molar-refractivity contribution in [2.75, 3.05) is 0 Å². The van der Waals surface area contributed by atoms with Gasteiger partial charge in [-0.15, -0.1) is 12.4 Å². The smallest absolute Gasteiger partial charge is 0.0456 e. The second kappa shape index (κ2) is 6.44. The van der Waals surface area contributed by atoms with E-state index < -0.39 is 0 Å². The van der Waals surface area contributed by atoms with Crippen LogP contribution in [0.15, 0.2) is 30.5 Å². The molecular formula is C16H23ClN2. The molecule has 2 nitrogen and oxygen atoms in total. The van der Waals surface area contributed by atoms with Gasteiger partial charge in [0.15, 0.2) is 0 Å². The van der Waals surface area contributed by atoms with Crippen LogP contribution in [0.3, 0.4) is 0 Å². The van der Waals surface area contributed by atoms with E-state index in [9.17, 15) is 0 Å². The molecule has 0 radical (unpaired) electrons. The Morgan fingerprint density at radius 3 is 2.68 bits per heavy atom. The Morgan fingerprint density at radius 1 is 1.16 bits per heavy atom. The fraction of sp³-hybridized carbons (Fsp3) is 0.500. The molecule has 1 unspecified atom stereocenters. The highest BCUT2D eigenvalue weighted by Crippen LogP contribution is 2.28. The van der Waals surface area contributed by atoms with Crippen LogP contribution in [-0.4, -0.2) is 11.0 Å². The number of para-hydroxylation sites is 1. The zero-order valence-corrected chi connectivity index (χ0v) is 12.1. The van der Waals surface area contributed by atoms with Crippen LogP contribution in [0.4, 0.5) is 0 Å². The van der Waals surface area contributed by atoms with Crippen LogP contribution in [0.1, 0.15) is 37.7 Å². The van der Waals surface area contributed by atoms with Gasteiger partial charge >= 0.3 is 0 Å². The molecule has 0 saturated heterocycles. The molecule has 0 amide bonds. The SMILES string of the molecule is Cl.NC(Cc1c[nH]c2ccccc12)C1CCCCC1. The molecule has 1 aliphatic rings. The number of hydrogen-bond donors (Lipinski definition) is 2. The Kier molecular flexibility index (Phi) is 4.89. The van der Waals surface area contributed by atoms with Crippen molar-refractivity contribution in [3.63, 3.8) is 0 Å². The average Bonchev–Trinajstić information content (AvgIpc) is 2.83. The lowest BCUT2D eigenvalue weighted by atomic mass is 9.82. The van der Waals surface area contributed by atoms with E-state index in [2.05, 4.69) is 35.4 Å². The average molecular weight is 279 g/mol. The van der Waals surface area contributed by atoms with Crippen LogP contribution < -0.4 is 5.73 Å². The van der Waals surface area contributed by atoms with Gasteiger partial charge < -0.3 is 10.7 Å². The van der Waals surface area contributed by atoms with E-state index in [0.717, 1.165) is 12.3 Å². The van der Waals surface area contributed by atoms with Crippen LogP contribution in [-0.2, 0) is 6.42 Å². The van der Waals surface area contributed by atoms with Gasteiger partial charge in [0, 0.05) is 23.1 Å². The van der Waals surface area contributed by atoms with Crippen LogP contribution in [0, 0.1) is 5.92 Å². The fourth-order valence-corrected chi connectivity index (χ4v) is 3.28. The summed E-state index contributed by atoms with van der Waals surface area (Å²) < 4.78 is 0. The molecule has 2 aromatic rings. The lowest BCUT2D eigenvalue weighted by Gasteiger charge is -2.27. The molecule has 1 aromatic carbocycles. The summed E-state index contributed by atoms with van der Waals surface area (Å²) in [5.74, 6) is 0.729. The summed E-state index contributed by atoms with van der Waals surface area (Å²) in [4.78, 5) is 3.34. The highest BCUT2D eigenvalue weighted by Gasteiger charge is 2.21. The van der Waals surface area contributed by atoms with Gasteiger partial charge in [0.1, 0.15) is 0 Å². The van der Waals surface area contributed by atoms with Gasteiger partial charge in [0.25, 0.3) is 0 Å². The summed E-state index contributed by atoms with van der Waals surface area (Å²) in [7, 11) is 0. The standard InChI is InChI=1S/C16H22N2.ClH/c17-15(12-6-2-1-3-7-12)10-13-11-18-16-9-5-4-8-14(13)16;/h4-5,8-9,11-12,15,18H,1-3,6-7,10,17H2;1H. The van der Waals surface area contributed by atoms with Gasteiger partial charge in [-0.3, -0.25) is 0 Å². The normalized spacial score (nSPS) is 18.2. The molecule has 0 spiro atoms. The lowest BCUT2D eigenvalue weighted by molar-refractivity contribution is 0.303. The summed E-state index contributed by atoms with van der Waals surface area (Å²) in [5, 5.41) is 1.34. The number of nitrogens with two attached hydrogens (primary N) is 1. The maximum absolute atomic E-state index is 6.42. The molecule has 1 aliphatic carbocycles. The second-order valence-corrected chi connectivity index (χ2v) is 5.63.